The van der Waals surface area contributed by atoms with Crippen molar-refractivity contribution in [2.24, 2.45) is 11.7 Å². The fourth-order valence-electron chi connectivity index (χ4n) is 6.89. The van der Waals surface area contributed by atoms with E-state index >= 15 is 0 Å². The van der Waals surface area contributed by atoms with Gasteiger partial charge in [0.2, 0.25) is 27.7 Å². The quantitative estimate of drug-likeness (QED) is 0.269. The first-order valence-corrected chi connectivity index (χ1v) is 17.9. The molecule has 3 amide bonds. The van der Waals surface area contributed by atoms with Crippen molar-refractivity contribution in [1.29, 1.82) is 0 Å². The summed E-state index contributed by atoms with van der Waals surface area (Å²) in [6.07, 6.45) is 8.05. The molecule has 4 aliphatic rings. The van der Waals surface area contributed by atoms with Crippen molar-refractivity contribution in [3.63, 3.8) is 0 Å². The molecule has 48 heavy (non-hydrogen) atoms. The second-order valence-electron chi connectivity index (χ2n) is 13.2. The highest BCUT2D eigenvalue weighted by Crippen LogP contribution is 2.46. The number of fused-ring (bicyclic) bond motifs is 5. The number of rotatable bonds is 5. The number of nitrogens with one attached hydrogen (secondary N) is 2. The number of amides is 3. The fraction of sp³-hybridized carbons (Fsp3) is 0.471. The minimum atomic E-state index is -3.85. The summed E-state index contributed by atoms with van der Waals surface area (Å²) in [5.41, 5.74) is 5.55. The third kappa shape index (κ3) is 6.59. The Morgan fingerprint density at radius 1 is 1.06 bits per heavy atom. The fourth-order valence-corrected chi connectivity index (χ4v) is 8.25. The van der Waals surface area contributed by atoms with Crippen LogP contribution in [-0.4, -0.2) is 71.5 Å². The molecule has 0 bridgehead atoms. The van der Waals surface area contributed by atoms with Gasteiger partial charge in [-0.05, 0) is 62.1 Å². The highest BCUT2D eigenvalue weighted by Gasteiger charge is 2.62. The first-order valence-electron chi connectivity index (χ1n) is 16.3. The van der Waals surface area contributed by atoms with Gasteiger partial charge in [-0.25, -0.2) is 17.8 Å². The Bertz CT molecular complexity index is 1910. The Morgan fingerprint density at radius 2 is 1.85 bits per heavy atom. The van der Waals surface area contributed by atoms with Crippen LogP contribution in [0.3, 0.4) is 0 Å². The summed E-state index contributed by atoms with van der Waals surface area (Å²) in [5.74, 6) is -2.45. The van der Waals surface area contributed by atoms with E-state index in [2.05, 4.69) is 15.0 Å². The molecule has 0 radical (unpaired) electrons. The lowest BCUT2D eigenvalue weighted by molar-refractivity contribution is -0.140. The van der Waals surface area contributed by atoms with Crippen molar-refractivity contribution >= 4 is 61.8 Å². The first-order chi connectivity index (χ1) is 22.6. The second kappa shape index (κ2) is 13.2. The van der Waals surface area contributed by atoms with E-state index in [0.29, 0.717) is 30.2 Å². The van der Waals surface area contributed by atoms with Crippen molar-refractivity contribution in [3.8, 4) is 5.88 Å². The van der Waals surface area contributed by atoms with Gasteiger partial charge in [-0.2, -0.15) is 0 Å². The van der Waals surface area contributed by atoms with Crippen LogP contribution in [-0.2, 0) is 24.4 Å². The minimum absolute atomic E-state index is 0. The molecule has 0 spiro atoms. The highest BCUT2D eigenvalue weighted by molar-refractivity contribution is 7.91. The number of benzene rings is 2. The lowest BCUT2D eigenvalue weighted by Crippen LogP contribution is -2.57. The average Bonchev–Trinajstić information content (AvgIpc) is 3.97. The Morgan fingerprint density at radius 3 is 2.65 bits per heavy atom. The van der Waals surface area contributed by atoms with Crippen molar-refractivity contribution < 1.29 is 31.9 Å². The monoisotopic (exact) mass is 699 g/mol. The number of hydrogen-bond donors (Lipinski definition) is 3. The van der Waals surface area contributed by atoms with E-state index in [0.717, 1.165) is 36.5 Å². The van der Waals surface area contributed by atoms with Crippen LogP contribution in [0.1, 0.15) is 57.8 Å². The van der Waals surface area contributed by atoms with Gasteiger partial charge in [0.1, 0.15) is 23.5 Å². The molecule has 11 nitrogen and oxygen atoms in total. The van der Waals surface area contributed by atoms with Gasteiger partial charge in [0.05, 0.1) is 23.4 Å². The summed E-state index contributed by atoms with van der Waals surface area (Å²) < 4.78 is 48.4. The van der Waals surface area contributed by atoms with E-state index in [4.69, 9.17) is 10.5 Å². The minimum Gasteiger partial charge on any atom is -0.472 e. The summed E-state index contributed by atoms with van der Waals surface area (Å²) in [6, 6.07) is 9.95. The molecule has 1 aromatic heterocycles. The lowest BCUT2D eigenvalue weighted by atomic mass is 10.1. The van der Waals surface area contributed by atoms with E-state index in [1.165, 1.54) is 17.0 Å². The van der Waals surface area contributed by atoms with Crippen LogP contribution in [0.2, 0.25) is 0 Å². The number of carbonyl (C=O) groups excluding carboxylic acids is 3. The number of pyridine rings is 1. The zero-order valence-corrected chi connectivity index (χ0v) is 27.9. The standard InChI is InChI=1S/C34H38FN5O6S.ClH/c35-21-12-15-24-25-9-6-7-11-28(25)37-31(26(24)16-21)46-22-17-29-30(41)38-34(33(43)39-47(44,45)23-13-14-23)18-20(34)8-4-2-1-3-5-10-27(36)32(42)40(29)19-22;/h4,6-9,11-12,15-16,20,22-23,27,29H,1-3,5,10,13-14,17-19,36H2,(H,38,41)(H,39,43);1H/t20-,22-,27+,29+,34-;/m1./s1. The zero-order chi connectivity index (χ0) is 32.9. The second-order valence-corrected chi connectivity index (χ2v) is 15.2. The molecule has 3 aromatic rings. The van der Waals surface area contributed by atoms with Gasteiger partial charge in [-0.1, -0.05) is 49.3 Å². The van der Waals surface area contributed by atoms with Gasteiger partial charge in [0, 0.05) is 23.1 Å². The van der Waals surface area contributed by atoms with E-state index in [1.54, 1.807) is 6.07 Å². The van der Waals surface area contributed by atoms with E-state index in [9.17, 15) is 27.2 Å². The van der Waals surface area contributed by atoms with Crippen LogP contribution in [0.25, 0.3) is 21.7 Å². The molecule has 3 fully saturated rings. The van der Waals surface area contributed by atoms with Crippen LogP contribution in [0.15, 0.2) is 54.6 Å². The average molecular weight is 700 g/mol. The van der Waals surface area contributed by atoms with Gasteiger partial charge in [0.25, 0.3) is 5.91 Å². The molecule has 2 aliphatic heterocycles. The maximum atomic E-state index is 14.4. The number of nitrogens with zero attached hydrogens (tertiary/aromatic N) is 2. The van der Waals surface area contributed by atoms with Crippen LogP contribution in [0.4, 0.5) is 4.39 Å². The number of carbonyl (C=O) groups is 3. The summed E-state index contributed by atoms with van der Waals surface area (Å²) in [4.78, 5) is 47.4. The topological polar surface area (TPSA) is 161 Å². The molecule has 256 valence electrons. The van der Waals surface area contributed by atoms with Gasteiger partial charge in [0.15, 0.2) is 0 Å². The molecule has 2 saturated carbocycles. The normalized spacial score (nSPS) is 28.0. The van der Waals surface area contributed by atoms with Gasteiger partial charge in [-0.3, -0.25) is 19.1 Å². The maximum Gasteiger partial charge on any atom is 0.259 e. The summed E-state index contributed by atoms with van der Waals surface area (Å²) in [6.45, 7) is 0.0223. The molecule has 2 aromatic carbocycles. The third-order valence-corrected chi connectivity index (χ3v) is 11.6. The molecule has 2 aliphatic carbocycles. The Kier molecular flexibility index (Phi) is 9.40. The number of sulfonamides is 1. The van der Waals surface area contributed by atoms with Crippen molar-refractivity contribution in [3.05, 3.63) is 60.4 Å². The molecule has 7 rings (SSSR count). The molecule has 1 saturated heterocycles. The van der Waals surface area contributed by atoms with Gasteiger partial charge < -0.3 is 20.7 Å². The molecule has 3 heterocycles. The summed E-state index contributed by atoms with van der Waals surface area (Å²) in [5, 5.41) is 4.28. The van der Waals surface area contributed by atoms with Crippen LogP contribution in [0.5, 0.6) is 5.88 Å². The van der Waals surface area contributed by atoms with E-state index < -0.39 is 68.5 Å². The number of aromatic nitrogens is 1. The number of halogens is 2. The van der Waals surface area contributed by atoms with E-state index in [1.807, 2.05) is 36.4 Å². The number of para-hydroxylation sites is 1. The van der Waals surface area contributed by atoms with E-state index in [-0.39, 0.29) is 37.7 Å². The third-order valence-electron chi connectivity index (χ3n) is 9.79. The Hall–Kier alpha value is -3.81. The SMILES string of the molecule is Cl.N[C@H]1CCCCCC=C[C@@H]2C[C@@]2(C(=O)NS(=O)(=O)C2CC2)NC(=O)[C@@H]2C[C@@H](Oc3nc4ccccc4c4ccc(F)cc34)CN2C1=O. The first kappa shape index (κ1) is 34.1. The molecular weight excluding hydrogens is 661 g/mol. The van der Waals surface area contributed by atoms with Crippen LogP contribution < -0.4 is 20.5 Å². The predicted octanol–water partition coefficient (Wildman–Crippen LogP) is 3.63. The highest BCUT2D eigenvalue weighted by atomic mass is 35.5. The summed E-state index contributed by atoms with van der Waals surface area (Å²) in [7, 11) is -3.85. The molecule has 4 N–H and O–H groups in total. The number of nitrogens with two attached hydrogens (primary N) is 1. The van der Waals surface area contributed by atoms with Crippen LogP contribution >= 0.6 is 12.4 Å². The van der Waals surface area contributed by atoms with Crippen LogP contribution in [0, 0.1) is 11.7 Å². The number of ether oxygens (including phenoxy) is 1. The Labute approximate surface area is 284 Å². The largest absolute Gasteiger partial charge is 0.472 e. The Balaban J connectivity index is 0.00000401. The maximum absolute atomic E-state index is 14.4. The summed E-state index contributed by atoms with van der Waals surface area (Å²) >= 11 is 0. The molecular formula is C34H39ClFN5O6S. The molecule has 5 atom stereocenters. The number of allylic oxidation sites excluding steroid dienone is 1. The predicted molar refractivity (Wildman–Crippen MR) is 180 cm³/mol. The molecule has 14 heteroatoms. The number of hydrogen-bond acceptors (Lipinski definition) is 8. The van der Waals surface area contributed by atoms with Crippen molar-refractivity contribution in [2.75, 3.05) is 6.54 Å². The van der Waals surface area contributed by atoms with Crippen molar-refractivity contribution in [1.82, 2.24) is 19.9 Å². The van der Waals surface area contributed by atoms with Crippen molar-refractivity contribution in [2.45, 2.75) is 86.8 Å². The smallest absolute Gasteiger partial charge is 0.259 e. The van der Waals surface area contributed by atoms with Gasteiger partial charge in [-0.15, -0.1) is 12.4 Å². The zero-order valence-electron chi connectivity index (χ0n) is 26.3. The van der Waals surface area contributed by atoms with Gasteiger partial charge >= 0.3 is 0 Å². The molecule has 0 unspecified atom stereocenters. The lowest BCUT2D eigenvalue weighted by Gasteiger charge is -2.28.